The minimum Gasteiger partial charge on any atom is -0.387 e. The summed E-state index contributed by atoms with van der Waals surface area (Å²) in [6.45, 7) is 2.04. The van der Waals surface area contributed by atoms with E-state index in [0.717, 1.165) is 18.4 Å². The molecule has 0 bridgehead atoms. The van der Waals surface area contributed by atoms with E-state index < -0.39 is 6.10 Å². The lowest BCUT2D eigenvalue weighted by Gasteiger charge is -2.31. The third-order valence-corrected chi connectivity index (χ3v) is 3.82. The van der Waals surface area contributed by atoms with Crippen LogP contribution in [0.15, 0.2) is 42.1 Å². The van der Waals surface area contributed by atoms with E-state index in [0.29, 0.717) is 0 Å². The largest absolute Gasteiger partial charge is 0.387 e. The van der Waals surface area contributed by atoms with Gasteiger partial charge in [0.25, 0.3) is 0 Å². The van der Waals surface area contributed by atoms with Crippen molar-refractivity contribution in [2.75, 3.05) is 7.05 Å². The van der Waals surface area contributed by atoms with Crippen molar-refractivity contribution in [3.8, 4) is 0 Å². The quantitative estimate of drug-likeness (QED) is 0.799. The first-order valence-electron chi connectivity index (χ1n) is 7.10. The maximum absolute atomic E-state index is 10.4. The van der Waals surface area contributed by atoms with Crippen LogP contribution in [0.25, 0.3) is 0 Å². The molecule has 0 amide bonds. The van der Waals surface area contributed by atoms with Crippen LogP contribution in [0, 0.1) is 0 Å². The fraction of sp³-hybridized carbons (Fsp3) is 0.500. The van der Waals surface area contributed by atoms with Gasteiger partial charge < -0.3 is 10.5 Å². The van der Waals surface area contributed by atoms with Gasteiger partial charge in [-0.3, -0.25) is 0 Å². The summed E-state index contributed by atoms with van der Waals surface area (Å²) in [5.41, 5.74) is 5.64. The van der Waals surface area contributed by atoms with E-state index in [1.807, 2.05) is 49.3 Å². The van der Waals surface area contributed by atoms with Crippen molar-refractivity contribution in [1.82, 2.24) is 10.4 Å². The molecule has 2 N–H and O–H groups in total. The van der Waals surface area contributed by atoms with Crippen molar-refractivity contribution in [1.29, 1.82) is 0 Å². The molecule has 1 aliphatic carbocycles. The summed E-state index contributed by atoms with van der Waals surface area (Å²) < 4.78 is 0. The topological polar surface area (TPSA) is 35.5 Å². The molecule has 2 atom stereocenters. The number of aliphatic hydroxyl groups is 1. The van der Waals surface area contributed by atoms with Crippen LogP contribution in [-0.4, -0.2) is 23.2 Å². The average molecular weight is 260 g/mol. The normalized spacial score (nSPS) is 18.8. The summed E-state index contributed by atoms with van der Waals surface area (Å²) in [6, 6.07) is 9.84. The number of aliphatic hydroxyl groups excluding tert-OH is 1. The number of hydrogen-bond acceptors (Lipinski definition) is 3. The highest BCUT2D eigenvalue weighted by Crippen LogP contribution is 2.20. The van der Waals surface area contributed by atoms with E-state index in [9.17, 15) is 5.11 Å². The standard InChI is InChI=1S/C16H24N2O/c1-13(16(19)14-9-5-3-6-10-14)18(2)17-15-11-7-4-8-12-15/h3,5-6,9-11,13,16-17,19H,4,7-8,12H2,1-2H3/t13-,16+/m1/s1. The summed E-state index contributed by atoms with van der Waals surface area (Å²) >= 11 is 0. The zero-order chi connectivity index (χ0) is 13.7. The Bertz CT molecular complexity index is 416. The lowest BCUT2D eigenvalue weighted by Crippen LogP contribution is -2.43. The lowest BCUT2D eigenvalue weighted by molar-refractivity contribution is 0.0507. The molecule has 1 aromatic carbocycles. The summed E-state index contributed by atoms with van der Waals surface area (Å²) in [5.74, 6) is 0. The highest BCUT2D eigenvalue weighted by atomic mass is 16.3. The van der Waals surface area contributed by atoms with Crippen LogP contribution < -0.4 is 5.43 Å². The molecule has 0 heterocycles. The van der Waals surface area contributed by atoms with Gasteiger partial charge in [-0.25, -0.2) is 5.01 Å². The van der Waals surface area contributed by atoms with Gasteiger partial charge in [0.05, 0.1) is 12.1 Å². The molecular weight excluding hydrogens is 236 g/mol. The fourth-order valence-corrected chi connectivity index (χ4v) is 2.41. The van der Waals surface area contributed by atoms with Crippen molar-refractivity contribution in [2.24, 2.45) is 0 Å². The molecule has 0 fully saturated rings. The molecule has 0 spiro atoms. The van der Waals surface area contributed by atoms with E-state index in [-0.39, 0.29) is 6.04 Å². The van der Waals surface area contributed by atoms with Gasteiger partial charge in [0.2, 0.25) is 0 Å². The Balaban J connectivity index is 1.94. The van der Waals surface area contributed by atoms with Gasteiger partial charge in [-0.15, -0.1) is 0 Å². The number of hydrogen-bond donors (Lipinski definition) is 2. The number of nitrogens with zero attached hydrogens (tertiary/aromatic N) is 1. The van der Waals surface area contributed by atoms with Crippen LogP contribution in [0.5, 0.6) is 0 Å². The first-order valence-corrected chi connectivity index (χ1v) is 7.10. The Labute approximate surface area is 115 Å². The fourth-order valence-electron chi connectivity index (χ4n) is 2.41. The van der Waals surface area contributed by atoms with Crippen LogP contribution in [0.4, 0.5) is 0 Å². The van der Waals surface area contributed by atoms with Gasteiger partial charge in [0.15, 0.2) is 0 Å². The van der Waals surface area contributed by atoms with Crippen LogP contribution >= 0.6 is 0 Å². The predicted molar refractivity (Wildman–Crippen MR) is 78.3 cm³/mol. The van der Waals surface area contributed by atoms with Gasteiger partial charge in [-0.2, -0.15) is 0 Å². The molecule has 0 unspecified atom stereocenters. The summed E-state index contributed by atoms with van der Waals surface area (Å²) in [5, 5.41) is 12.4. The molecule has 0 saturated heterocycles. The number of rotatable bonds is 5. The number of benzene rings is 1. The Kier molecular flexibility index (Phi) is 5.00. The molecule has 1 aromatic rings. The number of hydrazine groups is 1. The van der Waals surface area contributed by atoms with Gasteiger partial charge in [-0.05, 0) is 38.2 Å². The third-order valence-electron chi connectivity index (χ3n) is 3.82. The Morgan fingerprint density at radius 2 is 1.95 bits per heavy atom. The van der Waals surface area contributed by atoms with E-state index >= 15 is 0 Å². The second-order valence-electron chi connectivity index (χ2n) is 5.29. The van der Waals surface area contributed by atoms with Crippen molar-refractivity contribution in [2.45, 2.75) is 44.8 Å². The van der Waals surface area contributed by atoms with E-state index in [1.165, 1.54) is 18.5 Å². The van der Waals surface area contributed by atoms with Crippen molar-refractivity contribution < 1.29 is 5.11 Å². The SMILES string of the molecule is C[C@H]([C@H](O)c1ccccc1)N(C)NC1=CCCCC1. The number of allylic oxidation sites excluding steroid dienone is 2. The number of nitrogens with one attached hydrogen (secondary N) is 1. The van der Waals surface area contributed by atoms with E-state index in [1.54, 1.807) is 0 Å². The third kappa shape index (κ3) is 3.82. The maximum atomic E-state index is 10.4. The monoisotopic (exact) mass is 260 g/mol. The van der Waals surface area contributed by atoms with Crippen molar-refractivity contribution >= 4 is 0 Å². The van der Waals surface area contributed by atoms with Gasteiger partial charge in [-0.1, -0.05) is 36.4 Å². The molecule has 0 aromatic heterocycles. The number of likely N-dealkylation sites (N-methyl/N-ethyl adjacent to an activating group) is 1. The molecule has 0 aliphatic heterocycles. The summed E-state index contributed by atoms with van der Waals surface area (Å²) in [4.78, 5) is 0. The first-order chi connectivity index (χ1) is 9.18. The van der Waals surface area contributed by atoms with Gasteiger partial charge in [0.1, 0.15) is 0 Å². The van der Waals surface area contributed by atoms with E-state index in [4.69, 9.17) is 0 Å². The average Bonchev–Trinajstić information content (AvgIpc) is 2.47. The smallest absolute Gasteiger partial charge is 0.0960 e. The Morgan fingerprint density at radius 3 is 2.58 bits per heavy atom. The van der Waals surface area contributed by atoms with Crippen LogP contribution in [-0.2, 0) is 0 Å². The van der Waals surface area contributed by atoms with Crippen molar-refractivity contribution in [3.05, 3.63) is 47.7 Å². The molecule has 0 radical (unpaired) electrons. The van der Waals surface area contributed by atoms with Crippen LogP contribution in [0.3, 0.4) is 0 Å². The molecule has 3 nitrogen and oxygen atoms in total. The zero-order valence-corrected chi connectivity index (χ0v) is 11.8. The van der Waals surface area contributed by atoms with Gasteiger partial charge >= 0.3 is 0 Å². The molecule has 2 rings (SSSR count). The molecule has 19 heavy (non-hydrogen) atoms. The molecule has 1 aliphatic rings. The second kappa shape index (κ2) is 6.73. The minimum atomic E-state index is -0.483. The highest BCUT2D eigenvalue weighted by molar-refractivity contribution is 5.18. The first kappa shape index (κ1) is 14.1. The molecule has 104 valence electrons. The summed E-state index contributed by atoms with van der Waals surface area (Å²) in [7, 11) is 1.99. The highest BCUT2D eigenvalue weighted by Gasteiger charge is 2.21. The zero-order valence-electron chi connectivity index (χ0n) is 11.8. The minimum absolute atomic E-state index is 0.0187. The summed E-state index contributed by atoms with van der Waals surface area (Å²) in [6.07, 6.45) is 6.59. The maximum Gasteiger partial charge on any atom is 0.0960 e. The van der Waals surface area contributed by atoms with E-state index in [2.05, 4.69) is 11.5 Å². The lowest BCUT2D eigenvalue weighted by atomic mass is 10.0. The van der Waals surface area contributed by atoms with Gasteiger partial charge in [0, 0.05) is 12.7 Å². The predicted octanol–water partition coefficient (Wildman–Crippen LogP) is 3.00. The Hall–Kier alpha value is -1.32. The molecule has 0 saturated carbocycles. The molecular formula is C16H24N2O. The van der Waals surface area contributed by atoms with Crippen LogP contribution in [0.2, 0.25) is 0 Å². The van der Waals surface area contributed by atoms with Crippen molar-refractivity contribution in [3.63, 3.8) is 0 Å². The Morgan fingerprint density at radius 1 is 1.21 bits per heavy atom. The second-order valence-corrected chi connectivity index (χ2v) is 5.29. The van der Waals surface area contributed by atoms with Crippen LogP contribution in [0.1, 0.15) is 44.3 Å². The molecule has 3 heteroatoms.